The molecule has 2 aromatic carbocycles. The molecule has 1 aromatic heterocycles. The predicted molar refractivity (Wildman–Crippen MR) is 128 cm³/mol. The van der Waals surface area contributed by atoms with Gasteiger partial charge in [0, 0.05) is 17.5 Å². The summed E-state index contributed by atoms with van der Waals surface area (Å²) in [4.78, 5) is 15.7. The van der Waals surface area contributed by atoms with Crippen molar-refractivity contribution in [2.24, 2.45) is 0 Å². The van der Waals surface area contributed by atoms with Crippen molar-refractivity contribution in [1.29, 1.82) is 0 Å². The van der Waals surface area contributed by atoms with E-state index in [1.54, 1.807) is 27.7 Å². The second-order valence-corrected chi connectivity index (χ2v) is 11.3. The van der Waals surface area contributed by atoms with Crippen LogP contribution in [0.5, 0.6) is 0 Å². The van der Waals surface area contributed by atoms with Crippen LogP contribution >= 0.6 is 22.9 Å². The lowest BCUT2D eigenvalue weighted by Crippen LogP contribution is -2.41. The largest absolute Gasteiger partial charge is 0.443 e. The Bertz CT molecular complexity index is 1330. The van der Waals surface area contributed by atoms with Crippen LogP contribution in [0.15, 0.2) is 46.1 Å². The smallest absolute Gasteiger partial charge is 0.430 e. The summed E-state index contributed by atoms with van der Waals surface area (Å²) in [6.45, 7) is 6.18. The average molecular weight is 548 g/mol. The van der Waals surface area contributed by atoms with E-state index < -0.39 is 50.1 Å². The summed E-state index contributed by atoms with van der Waals surface area (Å²) in [6.07, 6.45) is -1.28. The van der Waals surface area contributed by atoms with Crippen LogP contribution < -0.4 is 9.62 Å². The minimum atomic E-state index is -4.84. The highest BCUT2D eigenvalue weighted by Crippen LogP contribution is 2.34. The first-order valence-corrected chi connectivity index (χ1v) is 12.8. The predicted octanol–water partition coefficient (Wildman–Crippen LogP) is 6.52. The Hall–Kier alpha value is -2.83. The summed E-state index contributed by atoms with van der Waals surface area (Å²) >= 11 is 7.25. The average Bonchev–Trinajstić information content (AvgIpc) is 3.22. The zero-order valence-corrected chi connectivity index (χ0v) is 21.4. The number of hydrogen-bond donors (Lipinski definition) is 1. The number of aromatic nitrogens is 1. The van der Waals surface area contributed by atoms with Crippen molar-refractivity contribution in [3.8, 4) is 0 Å². The second-order valence-electron chi connectivity index (χ2n) is 8.43. The number of hydrogen-bond acceptors (Lipinski definition) is 7. The number of carbonyl (C=O) groups is 1. The quantitative estimate of drug-likeness (QED) is 0.378. The Morgan fingerprint density at radius 1 is 1.14 bits per heavy atom. The maximum atomic E-state index is 15.1. The second kappa shape index (κ2) is 10.0. The van der Waals surface area contributed by atoms with Crippen LogP contribution in [0.25, 0.3) is 0 Å². The van der Waals surface area contributed by atoms with Crippen molar-refractivity contribution in [2.75, 3.05) is 9.62 Å². The highest BCUT2D eigenvalue weighted by atomic mass is 35.5. The Morgan fingerprint density at radius 3 is 2.31 bits per heavy atom. The molecule has 0 fully saturated rings. The molecule has 1 N–H and O–H groups in total. The molecule has 1 heterocycles. The monoisotopic (exact) mass is 547 g/mol. The van der Waals surface area contributed by atoms with Gasteiger partial charge in [0.25, 0.3) is 10.0 Å². The summed E-state index contributed by atoms with van der Waals surface area (Å²) in [5, 5.41) is 3.87. The lowest BCUT2D eigenvalue weighted by Gasteiger charge is -2.26. The third-order valence-corrected chi connectivity index (χ3v) is 7.06. The number of sulfonamides is 1. The van der Waals surface area contributed by atoms with Crippen molar-refractivity contribution in [3.05, 3.63) is 69.3 Å². The number of thiazole rings is 1. The molecule has 188 valence electrons. The molecule has 0 radical (unpaired) electrons. The Kier molecular flexibility index (Phi) is 7.68. The summed E-state index contributed by atoms with van der Waals surface area (Å²) < 4.78 is 74.4. The molecule has 0 aliphatic carbocycles. The van der Waals surface area contributed by atoms with Gasteiger partial charge in [0.15, 0.2) is 5.82 Å². The van der Waals surface area contributed by atoms with E-state index in [1.165, 1.54) is 10.9 Å². The molecule has 0 spiro atoms. The van der Waals surface area contributed by atoms with Crippen LogP contribution in [0.2, 0.25) is 5.02 Å². The van der Waals surface area contributed by atoms with Crippen molar-refractivity contribution < 1.29 is 31.1 Å². The van der Waals surface area contributed by atoms with E-state index in [-0.39, 0.29) is 26.4 Å². The first-order valence-electron chi connectivity index (χ1n) is 10.1. The number of amides is 1. The zero-order chi connectivity index (χ0) is 26.1. The lowest BCUT2D eigenvalue weighted by molar-refractivity contribution is 0.0608. The van der Waals surface area contributed by atoms with Gasteiger partial charge in [-0.15, -0.1) is 15.6 Å². The first-order chi connectivity index (χ1) is 16.2. The van der Waals surface area contributed by atoms with Gasteiger partial charge >= 0.3 is 6.09 Å². The molecule has 0 bridgehead atoms. The molecule has 0 unspecified atom stereocenters. The number of nitrogens with zero attached hydrogens (tertiary/aromatic N) is 2. The van der Waals surface area contributed by atoms with Gasteiger partial charge in [-0.2, -0.15) is 0 Å². The summed E-state index contributed by atoms with van der Waals surface area (Å²) in [6, 6.07) is 3.83. The minimum absolute atomic E-state index is 0.0298. The third-order valence-electron chi connectivity index (χ3n) is 4.48. The maximum absolute atomic E-state index is 15.1. The maximum Gasteiger partial charge on any atom is 0.430 e. The summed E-state index contributed by atoms with van der Waals surface area (Å²) in [7, 11) is -4.84. The van der Waals surface area contributed by atoms with Crippen LogP contribution in [0.1, 0.15) is 39.3 Å². The normalized spacial score (nSPS) is 12.8. The molecule has 1 amide bonds. The van der Waals surface area contributed by atoms with Crippen LogP contribution in [0.3, 0.4) is 0 Å². The highest BCUT2D eigenvalue weighted by Gasteiger charge is 2.38. The van der Waals surface area contributed by atoms with Crippen LogP contribution in [0, 0.1) is 17.5 Å². The third kappa shape index (κ3) is 6.24. The van der Waals surface area contributed by atoms with E-state index in [2.05, 4.69) is 10.3 Å². The number of rotatable bonds is 6. The van der Waals surface area contributed by atoms with Gasteiger partial charge in [-0.25, -0.2) is 31.4 Å². The summed E-state index contributed by atoms with van der Waals surface area (Å²) in [5.41, 5.74) is 0.445. The lowest BCUT2D eigenvalue weighted by atomic mass is 10.1. The number of benzene rings is 2. The molecule has 3 aromatic rings. The van der Waals surface area contributed by atoms with E-state index in [0.717, 1.165) is 35.6 Å². The molecule has 1 atom stereocenters. The van der Waals surface area contributed by atoms with Crippen LogP contribution in [-0.4, -0.2) is 25.1 Å². The number of carbonyl (C=O) groups excluding carboxylic acids is 1. The molecule has 35 heavy (non-hydrogen) atoms. The molecule has 0 saturated heterocycles. The van der Waals surface area contributed by atoms with Crippen LogP contribution in [-0.2, 0) is 14.8 Å². The fourth-order valence-electron chi connectivity index (χ4n) is 3.00. The van der Waals surface area contributed by atoms with Crippen molar-refractivity contribution in [3.63, 3.8) is 0 Å². The van der Waals surface area contributed by atoms with Gasteiger partial charge in [0.2, 0.25) is 0 Å². The van der Waals surface area contributed by atoms with E-state index in [9.17, 15) is 22.0 Å². The molecule has 0 saturated carbocycles. The van der Waals surface area contributed by atoms with Gasteiger partial charge in [-0.3, -0.25) is 0 Å². The topological polar surface area (TPSA) is 88.6 Å². The van der Waals surface area contributed by atoms with Gasteiger partial charge in [-0.05, 0) is 57.5 Å². The van der Waals surface area contributed by atoms with Gasteiger partial charge in [0.1, 0.15) is 27.9 Å². The van der Waals surface area contributed by atoms with E-state index in [1.807, 2.05) is 0 Å². The zero-order valence-electron chi connectivity index (χ0n) is 19.0. The SMILES string of the molecule is C[C@H](Nc1cc(F)c(S(=O)(=O)N(C(=O)OC(C)(C)C)c2cscn2)cc1Cl)c1cc(F)cc(F)c1. The molecule has 7 nitrogen and oxygen atoms in total. The van der Waals surface area contributed by atoms with E-state index >= 15 is 4.39 Å². The number of ether oxygens (including phenoxy) is 1. The van der Waals surface area contributed by atoms with Crippen molar-refractivity contribution >= 4 is 50.6 Å². The molecule has 0 aliphatic rings. The van der Waals surface area contributed by atoms with Crippen molar-refractivity contribution in [1.82, 2.24) is 4.98 Å². The molecule has 0 aliphatic heterocycles. The Morgan fingerprint density at radius 2 is 1.77 bits per heavy atom. The van der Waals surface area contributed by atoms with Crippen molar-refractivity contribution in [2.45, 2.75) is 44.2 Å². The van der Waals surface area contributed by atoms with Gasteiger partial charge < -0.3 is 10.1 Å². The fourth-order valence-corrected chi connectivity index (χ4v) is 5.22. The van der Waals surface area contributed by atoms with Crippen LogP contribution in [0.4, 0.5) is 29.5 Å². The highest BCUT2D eigenvalue weighted by molar-refractivity contribution is 7.93. The van der Waals surface area contributed by atoms with E-state index in [4.69, 9.17) is 16.3 Å². The number of nitrogens with one attached hydrogen (secondary N) is 1. The first kappa shape index (κ1) is 26.8. The molecular weight excluding hydrogens is 527 g/mol. The number of halogens is 4. The number of anilines is 2. The van der Waals surface area contributed by atoms with E-state index in [0.29, 0.717) is 6.07 Å². The fraction of sp³-hybridized carbons (Fsp3) is 0.273. The molecule has 3 rings (SSSR count). The standard InChI is InChI=1S/C22H21ClF3N3O4S2/c1-12(13-5-14(24)7-15(25)6-13)28-18-9-17(26)19(8-16(18)23)35(31,32)29(20-10-34-11-27-20)21(30)33-22(2,3)4/h5-12,28H,1-4H3/t12-/m0/s1. The van der Waals surface area contributed by atoms with Gasteiger partial charge in [0.05, 0.1) is 16.2 Å². The Balaban J connectivity index is 1.99. The Labute approximate surface area is 209 Å². The molecule has 13 heteroatoms. The summed E-state index contributed by atoms with van der Waals surface area (Å²) in [5.74, 6) is -3.09. The van der Waals surface area contributed by atoms with Gasteiger partial charge in [-0.1, -0.05) is 11.6 Å². The minimum Gasteiger partial charge on any atom is -0.443 e. The molecular formula is C22H21ClF3N3O4S2.